The quantitative estimate of drug-likeness (QED) is 0.0222. The van der Waals surface area contributed by atoms with Crippen LogP contribution in [0.1, 0.15) is 402 Å². The number of esters is 4. The first-order valence-electron chi connectivity index (χ1n) is 40.7. The van der Waals surface area contributed by atoms with Crippen molar-refractivity contribution in [3.63, 3.8) is 0 Å². The molecular weight excluding hydrogens is 1280 g/mol. The summed E-state index contributed by atoms with van der Waals surface area (Å²) in [4.78, 5) is 72.8. The standard InChI is InChI=1S/C79H154O17P2/c1-69(2)55-47-39-31-25-21-17-13-11-9-10-12-14-19-23-27-34-43-51-59-76(81)89-65-74(96-79(84)62-54-46-36-30-29-33-41-49-57-71(5)6)67-93-97(85,86)91-63-73(80)64-92-98(87,88)94-68-75(66-90-77(82)60-52-44-38-37-42-50-58-72(7)8)95-78(83)61-53-45-35-28-24-20-16-15-18-22-26-32-40-48-56-70(3)4/h69-75,80H,9-68H2,1-8H3,(H,85,86)(H,87,88)/t73?,74-,75-/m1/s1. The second-order valence-corrected chi connectivity index (χ2v) is 33.3. The zero-order chi connectivity index (χ0) is 72.4. The van der Waals surface area contributed by atoms with E-state index in [9.17, 15) is 43.2 Å². The number of aliphatic hydroxyl groups excluding tert-OH is 1. The summed E-state index contributed by atoms with van der Waals surface area (Å²) >= 11 is 0. The highest BCUT2D eigenvalue weighted by Crippen LogP contribution is 2.45. The Morgan fingerprint density at radius 1 is 0.255 bits per heavy atom. The molecule has 0 spiro atoms. The van der Waals surface area contributed by atoms with Gasteiger partial charge in [-0.2, -0.15) is 0 Å². The molecular formula is C79H154O17P2. The average Bonchev–Trinajstić information content (AvgIpc) is 1.19. The van der Waals surface area contributed by atoms with Crippen LogP contribution < -0.4 is 0 Å². The van der Waals surface area contributed by atoms with Crippen molar-refractivity contribution in [1.29, 1.82) is 0 Å². The summed E-state index contributed by atoms with van der Waals surface area (Å²) in [6.07, 6.45) is 54.5. The van der Waals surface area contributed by atoms with Gasteiger partial charge in [0, 0.05) is 25.7 Å². The van der Waals surface area contributed by atoms with Crippen LogP contribution in [0.25, 0.3) is 0 Å². The molecule has 0 amide bonds. The Labute approximate surface area is 600 Å². The number of rotatable bonds is 76. The summed E-state index contributed by atoms with van der Waals surface area (Å²) < 4.78 is 68.5. The average molecular weight is 1440 g/mol. The van der Waals surface area contributed by atoms with Crippen molar-refractivity contribution in [2.45, 2.75) is 420 Å². The lowest BCUT2D eigenvalue weighted by atomic mass is 10.0. The molecule has 17 nitrogen and oxygen atoms in total. The van der Waals surface area contributed by atoms with E-state index in [0.29, 0.717) is 31.6 Å². The third kappa shape index (κ3) is 72.4. The number of carbonyl (C=O) groups is 4. The number of phosphoric acid groups is 2. The van der Waals surface area contributed by atoms with Gasteiger partial charge in [-0.3, -0.25) is 37.3 Å². The van der Waals surface area contributed by atoms with Crippen molar-refractivity contribution in [2.75, 3.05) is 39.6 Å². The number of hydrogen-bond donors (Lipinski definition) is 3. The molecule has 0 radical (unpaired) electrons. The van der Waals surface area contributed by atoms with E-state index in [2.05, 4.69) is 55.4 Å². The van der Waals surface area contributed by atoms with Crippen molar-refractivity contribution in [1.82, 2.24) is 0 Å². The molecule has 0 aromatic carbocycles. The predicted octanol–water partition coefficient (Wildman–Crippen LogP) is 23.2. The molecule has 0 saturated heterocycles. The molecule has 19 heteroatoms. The normalized spacial score (nSPS) is 14.1. The van der Waals surface area contributed by atoms with E-state index in [1.165, 1.54) is 199 Å². The van der Waals surface area contributed by atoms with Gasteiger partial charge in [-0.25, -0.2) is 9.13 Å². The molecule has 0 aliphatic carbocycles. The fraction of sp³-hybridized carbons (Fsp3) is 0.949. The Morgan fingerprint density at radius 3 is 0.633 bits per heavy atom. The van der Waals surface area contributed by atoms with Crippen molar-refractivity contribution in [2.24, 2.45) is 23.7 Å². The molecule has 0 saturated carbocycles. The van der Waals surface area contributed by atoms with Gasteiger partial charge in [0.1, 0.15) is 19.3 Å². The van der Waals surface area contributed by atoms with Gasteiger partial charge in [-0.15, -0.1) is 0 Å². The van der Waals surface area contributed by atoms with Gasteiger partial charge in [-0.05, 0) is 49.4 Å². The van der Waals surface area contributed by atoms with Crippen LogP contribution >= 0.6 is 15.6 Å². The topological polar surface area (TPSA) is 237 Å². The lowest BCUT2D eigenvalue weighted by molar-refractivity contribution is -0.161. The van der Waals surface area contributed by atoms with Gasteiger partial charge >= 0.3 is 39.5 Å². The lowest BCUT2D eigenvalue weighted by Gasteiger charge is -2.21. The summed E-state index contributed by atoms with van der Waals surface area (Å²) in [5, 5.41) is 10.6. The fourth-order valence-corrected chi connectivity index (χ4v) is 13.7. The molecule has 0 aromatic rings. The summed E-state index contributed by atoms with van der Waals surface area (Å²) in [5.74, 6) is 0.894. The Kier molecular flexibility index (Phi) is 66.8. The molecule has 0 aliphatic heterocycles. The molecule has 0 rings (SSSR count). The molecule has 0 fully saturated rings. The summed E-state index contributed by atoms with van der Waals surface area (Å²) in [5.41, 5.74) is 0. The van der Waals surface area contributed by atoms with Gasteiger partial charge in [0.15, 0.2) is 12.2 Å². The van der Waals surface area contributed by atoms with E-state index in [1.807, 2.05) is 0 Å². The Morgan fingerprint density at radius 2 is 0.429 bits per heavy atom. The number of unbranched alkanes of at least 4 members (excludes halogenated alkanes) is 42. The van der Waals surface area contributed by atoms with Crippen LogP contribution in [0.15, 0.2) is 0 Å². The van der Waals surface area contributed by atoms with Crippen LogP contribution in [0.3, 0.4) is 0 Å². The maximum atomic E-state index is 13.1. The van der Waals surface area contributed by atoms with E-state index >= 15 is 0 Å². The van der Waals surface area contributed by atoms with Gasteiger partial charge in [0.2, 0.25) is 0 Å². The number of ether oxygens (including phenoxy) is 4. The van der Waals surface area contributed by atoms with Crippen LogP contribution in [0, 0.1) is 23.7 Å². The van der Waals surface area contributed by atoms with Crippen molar-refractivity contribution < 1.29 is 80.2 Å². The highest BCUT2D eigenvalue weighted by atomic mass is 31.2. The van der Waals surface area contributed by atoms with Gasteiger partial charge in [0.25, 0.3) is 0 Å². The van der Waals surface area contributed by atoms with E-state index < -0.39 is 97.5 Å². The van der Waals surface area contributed by atoms with Crippen molar-refractivity contribution in [3.05, 3.63) is 0 Å². The van der Waals surface area contributed by atoms with E-state index in [-0.39, 0.29) is 25.7 Å². The fourth-order valence-electron chi connectivity index (χ4n) is 12.1. The predicted molar refractivity (Wildman–Crippen MR) is 400 cm³/mol. The molecule has 0 bridgehead atoms. The minimum absolute atomic E-state index is 0.105. The summed E-state index contributed by atoms with van der Waals surface area (Å²) in [7, 11) is -9.91. The largest absolute Gasteiger partial charge is 0.472 e. The maximum Gasteiger partial charge on any atom is 0.472 e. The minimum Gasteiger partial charge on any atom is -0.462 e. The first-order chi connectivity index (χ1) is 47.1. The van der Waals surface area contributed by atoms with Gasteiger partial charge in [-0.1, -0.05) is 351 Å². The molecule has 0 aromatic heterocycles. The molecule has 0 heterocycles. The summed E-state index contributed by atoms with van der Waals surface area (Å²) in [6, 6.07) is 0. The zero-order valence-corrected chi connectivity index (χ0v) is 66.2. The smallest absolute Gasteiger partial charge is 0.462 e. The molecule has 582 valence electrons. The van der Waals surface area contributed by atoms with E-state index in [0.717, 1.165) is 114 Å². The maximum absolute atomic E-state index is 13.1. The van der Waals surface area contributed by atoms with Gasteiger partial charge in [0.05, 0.1) is 26.4 Å². The number of phosphoric ester groups is 2. The van der Waals surface area contributed by atoms with Crippen LogP contribution in [-0.4, -0.2) is 96.7 Å². The molecule has 98 heavy (non-hydrogen) atoms. The second-order valence-electron chi connectivity index (χ2n) is 30.4. The molecule has 0 aliphatic rings. The first kappa shape index (κ1) is 96.1. The second kappa shape index (κ2) is 68.2. The van der Waals surface area contributed by atoms with Gasteiger partial charge < -0.3 is 33.8 Å². The Bertz CT molecular complexity index is 1920. The highest BCUT2D eigenvalue weighted by molar-refractivity contribution is 7.47. The number of hydrogen-bond acceptors (Lipinski definition) is 15. The zero-order valence-electron chi connectivity index (χ0n) is 64.4. The lowest BCUT2D eigenvalue weighted by Crippen LogP contribution is -2.30. The van der Waals surface area contributed by atoms with Crippen molar-refractivity contribution in [3.8, 4) is 0 Å². The SMILES string of the molecule is CC(C)CCCCCCCCCCCCCCCCCCCCC(=O)OC[C@H](COP(=O)(O)OCC(O)COP(=O)(O)OC[C@@H](COC(=O)CCCCCCCCC(C)C)OC(=O)CCCCCCCCCCCCCCCCC(C)C)OC(=O)CCCCCCCCCCC(C)C. The number of carbonyl (C=O) groups excluding carboxylic acids is 4. The van der Waals surface area contributed by atoms with Crippen LogP contribution in [0.5, 0.6) is 0 Å². The van der Waals surface area contributed by atoms with E-state index in [1.54, 1.807) is 0 Å². The molecule has 3 unspecified atom stereocenters. The Hall–Kier alpha value is -1.94. The monoisotopic (exact) mass is 1440 g/mol. The Balaban J connectivity index is 5.14. The highest BCUT2D eigenvalue weighted by Gasteiger charge is 2.30. The first-order valence-corrected chi connectivity index (χ1v) is 43.7. The van der Waals surface area contributed by atoms with Crippen LogP contribution in [-0.2, 0) is 65.4 Å². The van der Waals surface area contributed by atoms with Crippen molar-refractivity contribution >= 4 is 39.5 Å². The van der Waals surface area contributed by atoms with Crippen LogP contribution in [0.4, 0.5) is 0 Å². The summed E-state index contributed by atoms with van der Waals surface area (Å²) in [6.45, 7) is 14.2. The van der Waals surface area contributed by atoms with E-state index in [4.69, 9.17) is 37.0 Å². The van der Waals surface area contributed by atoms with Crippen LogP contribution in [0.2, 0.25) is 0 Å². The third-order valence-electron chi connectivity index (χ3n) is 18.3. The number of aliphatic hydroxyl groups is 1. The minimum atomic E-state index is -4.96. The molecule has 5 atom stereocenters. The third-order valence-corrected chi connectivity index (χ3v) is 20.2. The molecule has 3 N–H and O–H groups in total.